The van der Waals surface area contributed by atoms with Crippen molar-refractivity contribution in [3.8, 4) is 0 Å². The van der Waals surface area contributed by atoms with E-state index in [4.69, 9.17) is 18.3 Å². The maximum absolute atomic E-state index is 12.7. The molecule has 1 amide bonds. The molecule has 1 aromatic carbocycles. The van der Waals surface area contributed by atoms with Gasteiger partial charge in [-0.05, 0) is 58.5 Å². The van der Waals surface area contributed by atoms with Crippen molar-refractivity contribution in [2.75, 3.05) is 0 Å². The molecule has 0 aliphatic heterocycles. The molecule has 0 radical (unpaired) electrons. The Hall–Kier alpha value is -3.01. The highest BCUT2D eigenvalue weighted by molar-refractivity contribution is 8.14. The Morgan fingerprint density at radius 1 is 1.13 bits per heavy atom. The summed E-state index contributed by atoms with van der Waals surface area (Å²) in [4.78, 5) is 48.8. The molecule has 0 saturated carbocycles. The average molecular weight is 451 g/mol. The van der Waals surface area contributed by atoms with Crippen molar-refractivity contribution < 1.29 is 32.7 Å². The Kier molecular flexibility index (Phi) is 8.09. The van der Waals surface area contributed by atoms with Crippen LogP contribution in [0.2, 0.25) is 0 Å². The Balaban J connectivity index is 2.12. The molecular weight excluding hydrogens is 426 g/mol. The molecule has 9 nitrogen and oxygen atoms in total. The lowest BCUT2D eigenvalue weighted by Gasteiger charge is -2.32. The van der Waals surface area contributed by atoms with Crippen molar-refractivity contribution in [3.63, 3.8) is 0 Å². The third kappa shape index (κ3) is 7.02. The van der Waals surface area contributed by atoms with Gasteiger partial charge in [-0.1, -0.05) is 18.2 Å². The van der Waals surface area contributed by atoms with Crippen molar-refractivity contribution in [2.24, 2.45) is 0 Å². The summed E-state index contributed by atoms with van der Waals surface area (Å²) < 4.78 is 18.8. The fourth-order valence-electron chi connectivity index (χ4n) is 2.55. The maximum Gasteiger partial charge on any atom is 0.519 e. The zero-order chi connectivity index (χ0) is 23.2. The minimum atomic E-state index is -1.14. The summed E-state index contributed by atoms with van der Waals surface area (Å²) in [6.07, 6.45) is -0.414. The Labute approximate surface area is 183 Å². The van der Waals surface area contributed by atoms with E-state index >= 15 is 0 Å². The van der Waals surface area contributed by atoms with Crippen LogP contribution in [0.5, 0.6) is 0 Å². The molecule has 1 atom stereocenters. The molecule has 0 aliphatic rings. The Morgan fingerprint density at radius 3 is 2.32 bits per heavy atom. The van der Waals surface area contributed by atoms with Crippen molar-refractivity contribution in [1.82, 2.24) is 5.32 Å². The molecule has 31 heavy (non-hydrogen) atoms. The van der Waals surface area contributed by atoms with Gasteiger partial charge in [0.15, 0.2) is 18.1 Å². The second kappa shape index (κ2) is 10.3. The Morgan fingerprint density at radius 2 is 1.77 bits per heavy atom. The summed E-state index contributed by atoms with van der Waals surface area (Å²) >= 11 is 0.707. The number of ether oxygens (including phenoxy) is 2. The lowest BCUT2D eigenvalue weighted by Crippen LogP contribution is -2.54. The number of carbonyl (C=O) groups is 3. The number of nitrogens with one attached hydrogen (secondary N) is 1. The van der Waals surface area contributed by atoms with E-state index in [0.29, 0.717) is 17.3 Å². The second-order valence-corrected chi connectivity index (χ2v) is 9.03. The number of carbonyl (C=O) groups excluding carboxylic acids is 3. The normalized spacial score (nSPS) is 12.3. The fraction of sp³-hybridized carbons (Fsp3) is 0.429. The molecular formula is C21H25NO8S. The third-order valence-corrected chi connectivity index (χ3v) is 5.14. The molecule has 2 rings (SSSR count). The number of aryl methyl sites for hydroxylation is 1. The van der Waals surface area contributed by atoms with E-state index in [1.54, 1.807) is 58.0 Å². The molecule has 0 spiro atoms. The van der Waals surface area contributed by atoms with Crippen LogP contribution in [0.3, 0.4) is 0 Å². The smallest absolute Gasteiger partial charge is 0.461 e. The summed E-state index contributed by atoms with van der Waals surface area (Å²) in [5.74, 6) is -1.76. The molecule has 0 fully saturated rings. The van der Waals surface area contributed by atoms with Gasteiger partial charge in [-0.15, -0.1) is 0 Å². The first-order chi connectivity index (χ1) is 14.5. The number of thioether (sulfide) groups is 1. The first kappa shape index (κ1) is 24.3. The number of amides is 1. The van der Waals surface area contributed by atoms with Crippen molar-refractivity contribution in [1.29, 1.82) is 0 Å². The topological polar surface area (TPSA) is 125 Å². The van der Waals surface area contributed by atoms with Crippen LogP contribution in [0.15, 0.2) is 44.0 Å². The predicted octanol–water partition coefficient (Wildman–Crippen LogP) is 3.44. The van der Waals surface area contributed by atoms with Gasteiger partial charge in [-0.3, -0.25) is 4.79 Å². The van der Waals surface area contributed by atoms with E-state index in [1.807, 2.05) is 0 Å². The van der Waals surface area contributed by atoms with E-state index in [2.05, 4.69) is 5.32 Å². The van der Waals surface area contributed by atoms with Gasteiger partial charge in [0.1, 0.15) is 6.04 Å². The van der Waals surface area contributed by atoms with Crippen molar-refractivity contribution in [3.05, 3.63) is 58.0 Å². The SMILES string of the molecule is Cc1oc(=O)oc1COC(=O)SC(C)(C)[C@@H](NC(=O)c1ccccc1)C(=O)OC(C)C. The number of benzene rings is 1. The van der Waals surface area contributed by atoms with Crippen LogP contribution in [0.25, 0.3) is 0 Å². The van der Waals surface area contributed by atoms with Gasteiger partial charge < -0.3 is 23.6 Å². The monoisotopic (exact) mass is 451 g/mol. The van der Waals surface area contributed by atoms with Gasteiger partial charge in [0.25, 0.3) is 5.91 Å². The summed E-state index contributed by atoms with van der Waals surface area (Å²) in [6.45, 7) is 7.78. The van der Waals surface area contributed by atoms with Crippen LogP contribution in [-0.2, 0) is 20.9 Å². The standard InChI is InChI=1S/C21H25NO8S/c1-12(2)28-18(24)16(22-17(23)14-9-7-6-8-10-14)21(4,5)31-20(26)27-11-15-13(3)29-19(25)30-15/h6-10,12,16H,11H2,1-5H3,(H,22,23)/t16-/m0/s1. The molecule has 0 unspecified atom stereocenters. The molecule has 0 aliphatic carbocycles. The zero-order valence-electron chi connectivity index (χ0n) is 17.9. The summed E-state index contributed by atoms with van der Waals surface area (Å²) in [5.41, 5.74) is 0.360. The van der Waals surface area contributed by atoms with E-state index in [1.165, 1.54) is 6.92 Å². The van der Waals surface area contributed by atoms with Crippen LogP contribution >= 0.6 is 11.8 Å². The van der Waals surface area contributed by atoms with Crippen LogP contribution in [0.4, 0.5) is 4.79 Å². The highest BCUT2D eigenvalue weighted by Crippen LogP contribution is 2.31. The molecule has 0 bridgehead atoms. The van der Waals surface area contributed by atoms with Gasteiger partial charge in [0.05, 0.1) is 10.9 Å². The van der Waals surface area contributed by atoms with Crippen molar-refractivity contribution >= 4 is 28.9 Å². The molecule has 1 N–H and O–H groups in total. The summed E-state index contributed by atoms with van der Waals surface area (Å²) in [6, 6.07) is 7.23. The highest BCUT2D eigenvalue weighted by Gasteiger charge is 2.41. The van der Waals surface area contributed by atoms with Crippen LogP contribution in [-0.4, -0.2) is 34.1 Å². The number of hydrogen-bond acceptors (Lipinski definition) is 9. The second-order valence-electron chi connectivity index (χ2n) is 7.44. The van der Waals surface area contributed by atoms with E-state index < -0.39 is 39.9 Å². The average Bonchev–Trinajstić information content (AvgIpc) is 3.00. The minimum Gasteiger partial charge on any atom is -0.461 e. The minimum absolute atomic E-state index is 0.0879. The fourth-order valence-corrected chi connectivity index (χ4v) is 3.38. The van der Waals surface area contributed by atoms with E-state index in [0.717, 1.165) is 0 Å². The molecule has 168 valence electrons. The van der Waals surface area contributed by atoms with Crippen molar-refractivity contribution in [2.45, 2.75) is 58.1 Å². The quantitative estimate of drug-likeness (QED) is 0.601. The van der Waals surface area contributed by atoms with Crippen LogP contribution in [0, 0.1) is 6.92 Å². The largest absolute Gasteiger partial charge is 0.519 e. The zero-order valence-corrected chi connectivity index (χ0v) is 18.7. The molecule has 1 aromatic heterocycles. The van der Waals surface area contributed by atoms with Gasteiger partial charge in [0, 0.05) is 5.56 Å². The van der Waals surface area contributed by atoms with E-state index in [-0.39, 0.29) is 18.1 Å². The molecule has 1 heterocycles. The van der Waals surface area contributed by atoms with Crippen LogP contribution < -0.4 is 11.1 Å². The van der Waals surface area contributed by atoms with Gasteiger partial charge in [-0.25, -0.2) is 14.4 Å². The van der Waals surface area contributed by atoms with Gasteiger partial charge >= 0.3 is 17.1 Å². The van der Waals surface area contributed by atoms with Gasteiger partial charge in [0.2, 0.25) is 0 Å². The third-order valence-electron chi connectivity index (χ3n) is 4.10. The predicted molar refractivity (Wildman–Crippen MR) is 113 cm³/mol. The molecule has 2 aromatic rings. The lowest BCUT2D eigenvalue weighted by molar-refractivity contribution is -0.150. The Bertz CT molecular complexity index is 977. The van der Waals surface area contributed by atoms with E-state index in [9.17, 15) is 19.2 Å². The van der Waals surface area contributed by atoms with Gasteiger partial charge in [-0.2, -0.15) is 0 Å². The number of esters is 1. The summed E-state index contributed by atoms with van der Waals surface area (Å²) in [7, 11) is 0. The number of hydrogen-bond donors (Lipinski definition) is 1. The highest BCUT2D eigenvalue weighted by atomic mass is 32.2. The first-order valence-electron chi connectivity index (χ1n) is 9.51. The first-order valence-corrected chi connectivity index (χ1v) is 10.3. The molecule has 10 heteroatoms. The van der Waals surface area contributed by atoms with Crippen LogP contribution in [0.1, 0.15) is 49.6 Å². The maximum atomic E-state index is 12.7. The molecule has 0 saturated heterocycles. The summed E-state index contributed by atoms with van der Waals surface area (Å²) in [5, 5.41) is 1.92. The lowest BCUT2D eigenvalue weighted by atomic mass is 10.0. The number of rotatable bonds is 8.